The summed E-state index contributed by atoms with van der Waals surface area (Å²) in [6.07, 6.45) is 0.146. The number of esters is 1. The van der Waals surface area contributed by atoms with Crippen LogP contribution in [0.5, 0.6) is 17.2 Å². The van der Waals surface area contributed by atoms with Gasteiger partial charge >= 0.3 is 5.97 Å². The van der Waals surface area contributed by atoms with Gasteiger partial charge in [0.05, 0.1) is 5.41 Å². The Kier molecular flexibility index (Phi) is 11.6. The maximum atomic E-state index is 14.6. The molecule has 0 aromatic heterocycles. The Hall–Kier alpha value is -3.68. The van der Waals surface area contributed by atoms with Gasteiger partial charge < -0.3 is 23.9 Å². The number of hydrogen-bond donors (Lipinski definition) is 1. The van der Waals surface area contributed by atoms with Crippen LogP contribution in [0.4, 0.5) is 17.6 Å². The summed E-state index contributed by atoms with van der Waals surface area (Å²) < 4.78 is 107. The normalized spacial score (nSPS) is 15.2. The molecule has 0 radical (unpaired) electrons. The first kappa shape index (κ1) is 35.8. The van der Waals surface area contributed by atoms with E-state index in [9.17, 15) is 40.4 Å². The molecule has 0 bridgehead atoms. The van der Waals surface area contributed by atoms with Crippen LogP contribution in [0.2, 0.25) is 0 Å². The minimum absolute atomic E-state index is 0.0126. The Labute approximate surface area is 259 Å². The second-order valence-electron chi connectivity index (χ2n) is 11.0. The standard InChI is InChI=1S/C32H36F4O8S/c1-6-32(5,31(38)44-29-25(33)27(35)30(45(39,40)41)28(36)26(29)34)17-22(21-8-12-23(37)13-9-21)16-18(3)20-10-14-24(15-11-20)43-19(4)42-7-2/h8-15,18-19,22,37H,6-7,16-17H2,1-5H3,(H,39,40,41)/p-1. The maximum absolute atomic E-state index is 14.6. The summed E-state index contributed by atoms with van der Waals surface area (Å²) in [7, 11) is -5.93. The van der Waals surface area contributed by atoms with E-state index in [-0.39, 0.29) is 30.4 Å². The lowest BCUT2D eigenvalue weighted by Gasteiger charge is -2.32. The number of aromatic hydroxyl groups is 1. The van der Waals surface area contributed by atoms with Crippen molar-refractivity contribution in [1.82, 2.24) is 0 Å². The number of hydrogen-bond acceptors (Lipinski definition) is 8. The first-order valence-corrected chi connectivity index (χ1v) is 15.6. The molecule has 3 aromatic rings. The van der Waals surface area contributed by atoms with E-state index in [2.05, 4.69) is 0 Å². The van der Waals surface area contributed by atoms with Gasteiger partial charge in [0.2, 0.25) is 17.4 Å². The van der Waals surface area contributed by atoms with E-state index in [1.54, 1.807) is 38.1 Å². The minimum Gasteiger partial charge on any atom is -0.744 e. The highest BCUT2D eigenvalue weighted by molar-refractivity contribution is 7.85. The Balaban J connectivity index is 1.91. The highest BCUT2D eigenvalue weighted by atomic mass is 32.2. The van der Waals surface area contributed by atoms with Gasteiger partial charge in [-0.3, -0.25) is 4.79 Å². The van der Waals surface area contributed by atoms with Crippen molar-refractivity contribution >= 4 is 16.1 Å². The Bertz CT molecular complexity index is 1570. The number of phenolic OH excluding ortho intramolecular Hbond substituents is 1. The number of phenols is 1. The third-order valence-electron chi connectivity index (χ3n) is 7.75. The third-order valence-corrected chi connectivity index (χ3v) is 8.61. The minimum atomic E-state index is -5.93. The van der Waals surface area contributed by atoms with Gasteiger partial charge in [-0.2, -0.15) is 8.78 Å². The molecule has 0 aliphatic rings. The van der Waals surface area contributed by atoms with Gasteiger partial charge in [0, 0.05) is 6.61 Å². The van der Waals surface area contributed by atoms with Crippen molar-refractivity contribution in [2.75, 3.05) is 6.61 Å². The quantitative estimate of drug-likeness (QED) is 0.0480. The van der Waals surface area contributed by atoms with Gasteiger partial charge in [0.1, 0.15) is 26.5 Å². The average Bonchev–Trinajstić information content (AvgIpc) is 2.98. The van der Waals surface area contributed by atoms with Crippen molar-refractivity contribution < 1.29 is 54.6 Å². The zero-order chi connectivity index (χ0) is 33.7. The van der Waals surface area contributed by atoms with Crippen LogP contribution in [-0.4, -0.2) is 36.9 Å². The SMILES string of the molecule is CCOC(C)Oc1ccc(C(C)CC(CC(C)(CC)C(=O)Oc2c(F)c(F)c(S(=O)(=O)[O-])c(F)c2F)c2ccc(O)cc2)cc1. The molecule has 0 saturated heterocycles. The topological polar surface area (TPSA) is 122 Å². The molecule has 4 atom stereocenters. The van der Waals surface area contributed by atoms with E-state index in [0.717, 1.165) is 11.1 Å². The van der Waals surface area contributed by atoms with E-state index in [1.165, 1.54) is 19.1 Å². The molecule has 0 saturated carbocycles. The molecule has 45 heavy (non-hydrogen) atoms. The van der Waals surface area contributed by atoms with Crippen LogP contribution < -0.4 is 9.47 Å². The van der Waals surface area contributed by atoms with Crippen LogP contribution >= 0.6 is 0 Å². The predicted molar refractivity (Wildman–Crippen MR) is 155 cm³/mol. The molecule has 4 unspecified atom stereocenters. The second-order valence-corrected chi connectivity index (χ2v) is 12.3. The van der Waals surface area contributed by atoms with Crippen molar-refractivity contribution in [3.05, 3.63) is 82.9 Å². The summed E-state index contributed by atoms with van der Waals surface area (Å²) >= 11 is 0. The number of carbonyl (C=O) groups is 1. The number of ether oxygens (including phenoxy) is 3. The molecule has 0 amide bonds. The first-order valence-electron chi connectivity index (χ1n) is 14.2. The molecule has 1 N–H and O–H groups in total. The Morgan fingerprint density at radius 1 is 0.911 bits per heavy atom. The van der Waals surface area contributed by atoms with E-state index in [1.807, 2.05) is 26.0 Å². The predicted octanol–water partition coefficient (Wildman–Crippen LogP) is 7.30. The molecule has 8 nitrogen and oxygen atoms in total. The smallest absolute Gasteiger partial charge is 0.317 e. The second kappa shape index (κ2) is 14.6. The number of benzene rings is 3. The number of halogens is 4. The molecular weight excluding hydrogens is 620 g/mol. The fourth-order valence-corrected chi connectivity index (χ4v) is 5.63. The van der Waals surface area contributed by atoms with Crippen LogP contribution in [0.15, 0.2) is 53.4 Å². The van der Waals surface area contributed by atoms with E-state index < -0.39 is 61.7 Å². The zero-order valence-electron chi connectivity index (χ0n) is 25.4. The van der Waals surface area contributed by atoms with Crippen LogP contribution in [0.1, 0.15) is 76.8 Å². The zero-order valence-corrected chi connectivity index (χ0v) is 26.2. The fraction of sp³-hybridized carbons (Fsp3) is 0.406. The summed E-state index contributed by atoms with van der Waals surface area (Å²) in [5.74, 6) is -12.5. The molecule has 246 valence electrons. The summed E-state index contributed by atoms with van der Waals surface area (Å²) in [5, 5.41) is 9.83. The molecule has 0 aliphatic carbocycles. The molecule has 0 spiro atoms. The molecule has 0 aliphatic heterocycles. The van der Waals surface area contributed by atoms with Gasteiger partial charge in [-0.25, -0.2) is 17.2 Å². The van der Waals surface area contributed by atoms with Crippen LogP contribution in [0, 0.1) is 28.7 Å². The molecule has 3 aromatic carbocycles. The summed E-state index contributed by atoms with van der Waals surface area (Å²) in [5.41, 5.74) is 0.210. The van der Waals surface area contributed by atoms with E-state index >= 15 is 0 Å². The van der Waals surface area contributed by atoms with Crippen molar-refractivity contribution in [2.45, 2.75) is 76.9 Å². The largest absolute Gasteiger partial charge is 0.744 e. The number of carbonyl (C=O) groups excluding carboxylic acids is 1. The third kappa shape index (κ3) is 8.53. The Morgan fingerprint density at radius 3 is 1.93 bits per heavy atom. The van der Waals surface area contributed by atoms with Gasteiger partial charge in [0.15, 0.2) is 17.9 Å². The summed E-state index contributed by atoms with van der Waals surface area (Å²) in [4.78, 5) is 11.0. The fourth-order valence-electron chi connectivity index (χ4n) is 5.01. The molecule has 0 heterocycles. The highest BCUT2D eigenvalue weighted by Gasteiger charge is 2.39. The molecular formula is C32H35F4O8S-. The van der Waals surface area contributed by atoms with Crippen LogP contribution in [-0.2, 0) is 19.6 Å². The van der Waals surface area contributed by atoms with E-state index in [4.69, 9.17) is 14.2 Å². The van der Waals surface area contributed by atoms with Gasteiger partial charge in [-0.05, 0) is 87.3 Å². The number of rotatable bonds is 14. The van der Waals surface area contributed by atoms with Crippen molar-refractivity contribution in [3.8, 4) is 17.2 Å². The van der Waals surface area contributed by atoms with Gasteiger partial charge in [-0.1, -0.05) is 38.1 Å². The van der Waals surface area contributed by atoms with Gasteiger partial charge in [-0.15, -0.1) is 0 Å². The monoisotopic (exact) mass is 655 g/mol. The van der Waals surface area contributed by atoms with Crippen molar-refractivity contribution in [3.63, 3.8) is 0 Å². The first-order chi connectivity index (χ1) is 21.0. The average molecular weight is 656 g/mol. The van der Waals surface area contributed by atoms with Crippen molar-refractivity contribution in [1.29, 1.82) is 0 Å². The molecule has 3 rings (SSSR count). The lowest BCUT2D eigenvalue weighted by Crippen LogP contribution is -2.34. The summed E-state index contributed by atoms with van der Waals surface area (Å²) in [6, 6.07) is 13.7. The maximum Gasteiger partial charge on any atom is 0.317 e. The lowest BCUT2D eigenvalue weighted by atomic mass is 9.73. The van der Waals surface area contributed by atoms with Crippen LogP contribution in [0.25, 0.3) is 0 Å². The molecule has 13 heteroatoms. The van der Waals surface area contributed by atoms with Gasteiger partial charge in [0.25, 0.3) is 0 Å². The lowest BCUT2D eigenvalue weighted by molar-refractivity contribution is -0.146. The molecule has 0 fully saturated rings. The highest BCUT2D eigenvalue weighted by Crippen LogP contribution is 2.42. The van der Waals surface area contributed by atoms with E-state index in [0.29, 0.717) is 18.8 Å². The Morgan fingerprint density at radius 2 is 1.44 bits per heavy atom. The van der Waals surface area contributed by atoms with Crippen molar-refractivity contribution in [2.24, 2.45) is 5.41 Å². The summed E-state index contributed by atoms with van der Waals surface area (Å²) in [6.45, 7) is 9.17. The van der Waals surface area contributed by atoms with Crippen LogP contribution in [0.3, 0.4) is 0 Å².